The number of esters is 2. The van der Waals surface area contributed by atoms with Crippen molar-refractivity contribution < 1.29 is 23.8 Å². The molecule has 52 heavy (non-hydrogen) atoms. The molecule has 5 heteroatoms. The monoisotopic (exact) mass is 727 g/mol. The molecule has 0 bridgehead atoms. The lowest BCUT2D eigenvalue weighted by Gasteiger charge is -2.18. The van der Waals surface area contributed by atoms with Crippen molar-refractivity contribution in [1.29, 1.82) is 0 Å². The molecule has 0 aromatic carbocycles. The van der Waals surface area contributed by atoms with Gasteiger partial charge in [0.15, 0.2) is 6.10 Å². The van der Waals surface area contributed by atoms with E-state index in [0.29, 0.717) is 25.9 Å². The topological polar surface area (TPSA) is 61.8 Å². The van der Waals surface area contributed by atoms with Gasteiger partial charge in [0.1, 0.15) is 6.61 Å². The zero-order valence-electron chi connectivity index (χ0n) is 34.3. The molecule has 0 aliphatic rings. The number of rotatable bonds is 39. The molecule has 300 valence electrons. The molecule has 0 aliphatic heterocycles. The van der Waals surface area contributed by atoms with Crippen LogP contribution in [0.1, 0.15) is 201 Å². The highest BCUT2D eigenvalue weighted by molar-refractivity contribution is 5.70. The average Bonchev–Trinajstić information content (AvgIpc) is 3.14. The van der Waals surface area contributed by atoms with Crippen LogP contribution >= 0.6 is 0 Å². The van der Waals surface area contributed by atoms with E-state index in [1.165, 1.54) is 96.3 Å². The van der Waals surface area contributed by atoms with Crippen LogP contribution in [0.3, 0.4) is 0 Å². The van der Waals surface area contributed by atoms with Crippen LogP contribution in [0.4, 0.5) is 0 Å². The van der Waals surface area contributed by atoms with Gasteiger partial charge < -0.3 is 14.2 Å². The summed E-state index contributed by atoms with van der Waals surface area (Å²) in [6, 6.07) is 0. The molecule has 0 spiro atoms. The highest BCUT2D eigenvalue weighted by Gasteiger charge is 2.17. The third kappa shape index (κ3) is 40.4. The van der Waals surface area contributed by atoms with Gasteiger partial charge in [-0.2, -0.15) is 0 Å². The van der Waals surface area contributed by atoms with Crippen molar-refractivity contribution in [2.45, 2.75) is 207 Å². The number of carbonyl (C=O) groups excluding carboxylic acids is 2. The first-order chi connectivity index (χ1) is 25.6. The molecule has 1 unspecified atom stereocenters. The highest BCUT2D eigenvalue weighted by Crippen LogP contribution is 2.12. The Balaban J connectivity index is 4.31. The summed E-state index contributed by atoms with van der Waals surface area (Å²) in [5.41, 5.74) is 0. The van der Waals surface area contributed by atoms with Crippen molar-refractivity contribution in [3.8, 4) is 0 Å². The first-order valence-electron chi connectivity index (χ1n) is 21.8. The van der Waals surface area contributed by atoms with Crippen molar-refractivity contribution in [3.05, 3.63) is 60.8 Å². The van der Waals surface area contributed by atoms with E-state index in [1.807, 2.05) is 6.08 Å². The summed E-state index contributed by atoms with van der Waals surface area (Å²) in [7, 11) is 0. The minimum absolute atomic E-state index is 0.0526. The van der Waals surface area contributed by atoms with Gasteiger partial charge in [-0.15, -0.1) is 0 Å². The second-order valence-electron chi connectivity index (χ2n) is 14.2. The van der Waals surface area contributed by atoms with E-state index in [0.717, 1.165) is 64.2 Å². The predicted octanol–water partition coefficient (Wildman–Crippen LogP) is 14.2. The molecule has 5 nitrogen and oxygen atoms in total. The fourth-order valence-electron chi connectivity index (χ4n) is 5.81. The van der Waals surface area contributed by atoms with E-state index in [4.69, 9.17) is 14.2 Å². The van der Waals surface area contributed by atoms with Gasteiger partial charge in [0.05, 0.1) is 6.61 Å². The van der Waals surface area contributed by atoms with Crippen LogP contribution < -0.4 is 0 Å². The summed E-state index contributed by atoms with van der Waals surface area (Å²) in [5, 5.41) is 0. The fourth-order valence-corrected chi connectivity index (χ4v) is 5.81. The van der Waals surface area contributed by atoms with E-state index < -0.39 is 6.10 Å². The molecule has 0 heterocycles. The molecule has 0 amide bonds. The Morgan fingerprint density at radius 1 is 0.442 bits per heavy atom. The van der Waals surface area contributed by atoms with E-state index in [9.17, 15) is 9.59 Å². The van der Waals surface area contributed by atoms with Gasteiger partial charge in [0.25, 0.3) is 0 Å². The molecule has 0 aromatic heterocycles. The number of hydrogen-bond donors (Lipinski definition) is 0. The summed E-state index contributed by atoms with van der Waals surface area (Å²) < 4.78 is 17.2. The second-order valence-corrected chi connectivity index (χ2v) is 14.2. The van der Waals surface area contributed by atoms with Gasteiger partial charge in [-0.1, -0.05) is 178 Å². The van der Waals surface area contributed by atoms with Crippen LogP contribution in [0.25, 0.3) is 0 Å². The van der Waals surface area contributed by atoms with Crippen molar-refractivity contribution in [1.82, 2.24) is 0 Å². The third-order valence-electron chi connectivity index (χ3n) is 9.05. The van der Waals surface area contributed by atoms with Gasteiger partial charge in [0, 0.05) is 19.4 Å². The largest absolute Gasteiger partial charge is 0.462 e. The number of ether oxygens (including phenoxy) is 3. The van der Waals surface area contributed by atoms with Crippen LogP contribution in [0.15, 0.2) is 60.8 Å². The number of carbonyl (C=O) groups is 2. The van der Waals surface area contributed by atoms with Crippen molar-refractivity contribution in [2.75, 3.05) is 19.8 Å². The Morgan fingerprint density at radius 2 is 0.904 bits per heavy atom. The van der Waals surface area contributed by atoms with E-state index >= 15 is 0 Å². The molecule has 1 atom stereocenters. The minimum atomic E-state index is -0.572. The van der Waals surface area contributed by atoms with Crippen LogP contribution in [-0.2, 0) is 23.8 Å². The summed E-state index contributed by atoms with van der Waals surface area (Å²) in [4.78, 5) is 25.1. The zero-order chi connectivity index (χ0) is 37.8. The van der Waals surface area contributed by atoms with Gasteiger partial charge >= 0.3 is 11.9 Å². The van der Waals surface area contributed by atoms with Crippen LogP contribution in [0.5, 0.6) is 0 Å². The minimum Gasteiger partial charge on any atom is -0.462 e. The molecule has 0 fully saturated rings. The number of hydrogen-bond acceptors (Lipinski definition) is 5. The van der Waals surface area contributed by atoms with Gasteiger partial charge in [-0.25, -0.2) is 0 Å². The van der Waals surface area contributed by atoms with Crippen LogP contribution in [-0.4, -0.2) is 37.9 Å². The molecular formula is C47H82O5. The lowest BCUT2D eigenvalue weighted by molar-refractivity contribution is -0.162. The Hall–Kier alpha value is -2.40. The third-order valence-corrected chi connectivity index (χ3v) is 9.05. The number of unbranched alkanes of at least 4 members (excludes halogenated alkanes) is 18. The Morgan fingerprint density at radius 3 is 1.46 bits per heavy atom. The maximum Gasteiger partial charge on any atom is 0.306 e. The van der Waals surface area contributed by atoms with E-state index in [1.54, 1.807) is 0 Å². The van der Waals surface area contributed by atoms with E-state index in [-0.39, 0.29) is 25.2 Å². The van der Waals surface area contributed by atoms with Crippen LogP contribution in [0.2, 0.25) is 0 Å². The zero-order valence-corrected chi connectivity index (χ0v) is 34.3. The van der Waals surface area contributed by atoms with Crippen molar-refractivity contribution in [3.63, 3.8) is 0 Å². The normalized spacial score (nSPS) is 12.8. The van der Waals surface area contributed by atoms with Gasteiger partial charge in [-0.3, -0.25) is 9.59 Å². The summed E-state index contributed by atoms with van der Waals surface area (Å²) in [6.07, 6.45) is 52.3. The second kappa shape index (κ2) is 43.0. The quantitative estimate of drug-likeness (QED) is 0.0358. The average molecular weight is 727 g/mol. The van der Waals surface area contributed by atoms with Crippen molar-refractivity contribution >= 4 is 11.9 Å². The summed E-state index contributed by atoms with van der Waals surface area (Å²) in [6.45, 7) is 7.60. The Labute approximate surface area is 322 Å². The maximum absolute atomic E-state index is 12.6. The molecular weight excluding hydrogens is 645 g/mol. The van der Waals surface area contributed by atoms with Crippen LogP contribution in [0, 0.1) is 0 Å². The van der Waals surface area contributed by atoms with E-state index in [2.05, 4.69) is 75.5 Å². The smallest absolute Gasteiger partial charge is 0.306 e. The maximum atomic E-state index is 12.6. The molecule has 0 N–H and O–H groups in total. The Kier molecular flexibility index (Phi) is 41.0. The number of allylic oxidation sites excluding steroid dienone is 10. The highest BCUT2D eigenvalue weighted by atomic mass is 16.6. The standard InChI is InChI=1S/C47H82O5/c1-4-7-10-13-16-19-21-23-24-26-27-29-31-34-37-40-46(48)51-44-45(43-50-42-39-36-33-18-15-12-9-6-3)52-47(49)41-38-35-32-30-28-25-22-20-17-14-11-8-5-2/h8,11,17,20,23-25,28,32,35,45H,4-7,9-10,12-16,18-19,21-22,26-27,29-31,33-34,36-44H2,1-3H3/b11-8-,20-17-,24-23-,28-25-,35-32-. The lowest BCUT2D eigenvalue weighted by Crippen LogP contribution is -2.30. The Bertz CT molecular complexity index is 915. The molecule has 0 saturated heterocycles. The van der Waals surface area contributed by atoms with Gasteiger partial charge in [-0.05, 0) is 70.6 Å². The van der Waals surface area contributed by atoms with Gasteiger partial charge in [0.2, 0.25) is 0 Å². The fraction of sp³-hybridized carbons (Fsp3) is 0.745. The first kappa shape index (κ1) is 49.6. The van der Waals surface area contributed by atoms with Crippen molar-refractivity contribution in [2.24, 2.45) is 0 Å². The molecule has 0 aliphatic carbocycles. The first-order valence-corrected chi connectivity index (χ1v) is 21.8. The molecule has 0 rings (SSSR count). The summed E-state index contributed by atoms with van der Waals surface area (Å²) >= 11 is 0. The molecule has 0 radical (unpaired) electrons. The molecule has 0 aromatic rings. The summed E-state index contributed by atoms with van der Waals surface area (Å²) in [5.74, 6) is -0.502. The molecule has 0 saturated carbocycles. The predicted molar refractivity (Wildman–Crippen MR) is 224 cm³/mol. The lowest BCUT2D eigenvalue weighted by atomic mass is 10.1. The SMILES string of the molecule is CC/C=C\C/C=C\C/C=C\C/C=C\CCC(=O)OC(COCCCCCCCCCC)COC(=O)CCCCCCC/C=C\CCCCCCCC.